The van der Waals surface area contributed by atoms with Gasteiger partial charge in [0.2, 0.25) is 5.91 Å². The molecule has 1 aromatic carbocycles. The SMILES string of the molecule is CCn1c(CNC(=O)c2ccco2)nnc1SCC(=O)Nc1ccc(C)cc1C. The largest absolute Gasteiger partial charge is 0.459 e. The Morgan fingerprint density at radius 2 is 2.03 bits per heavy atom. The maximum atomic E-state index is 12.3. The van der Waals surface area contributed by atoms with E-state index in [2.05, 4.69) is 20.8 Å². The van der Waals surface area contributed by atoms with Gasteiger partial charge < -0.3 is 19.6 Å². The number of aryl methyl sites for hydroxylation is 2. The Labute approximate surface area is 173 Å². The van der Waals surface area contributed by atoms with E-state index in [4.69, 9.17) is 4.42 Å². The topological polar surface area (TPSA) is 102 Å². The Hall–Kier alpha value is -3.07. The molecule has 29 heavy (non-hydrogen) atoms. The van der Waals surface area contributed by atoms with Crippen molar-refractivity contribution in [3.8, 4) is 0 Å². The number of aromatic nitrogens is 3. The van der Waals surface area contributed by atoms with Crippen molar-refractivity contribution in [2.75, 3.05) is 11.1 Å². The normalized spacial score (nSPS) is 10.7. The number of nitrogens with one attached hydrogen (secondary N) is 2. The molecule has 0 fully saturated rings. The second-order valence-corrected chi connectivity index (χ2v) is 7.40. The van der Waals surface area contributed by atoms with Crippen molar-refractivity contribution in [2.24, 2.45) is 0 Å². The van der Waals surface area contributed by atoms with Gasteiger partial charge in [0.05, 0.1) is 18.6 Å². The zero-order valence-corrected chi connectivity index (χ0v) is 17.4. The van der Waals surface area contributed by atoms with Gasteiger partial charge in [0.15, 0.2) is 16.7 Å². The van der Waals surface area contributed by atoms with Crippen LogP contribution in [-0.4, -0.2) is 32.3 Å². The Bertz CT molecular complexity index is 998. The van der Waals surface area contributed by atoms with Crippen molar-refractivity contribution >= 4 is 29.3 Å². The minimum absolute atomic E-state index is 0.111. The van der Waals surface area contributed by atoms with E-state index in [1.54, 1.807) is 12.1 Å². The van der Waals surface area contributed by atoms with E-state index < -0.39 is 0 Å². The lowest BCUT2D eigenvalue weighted by Gasteiger charge is -2.10. The number of thioether (sulfide) groups is 1. The van der Waals surface area contributed by atoms with E-state index in [1.165, 1.54) is 18.0 Å². The van der Waals surface area contributed by atoms with Crippen LogP contribution in [0.25, 0.3) is 0 Å². The molecule has 152 valence electrons. The number of hydrogen-bond acceptors (Lipinski definition) is 6. The third-order valence-electron chi connectivity index (χ3n) is 4.25. The zero-order valence-electron chi connectivity index (χ0n) is 16.6. The van der Waals surface area contributed by atoms with Crippen LogP contribution < -0.4 is 10.6 Å². The highest BCUT2D eigenvalue weighted by Gasteiger charge is 2.15. The monoisotopic (exact) mass is 413 g/mol. The molecule has 2 N–H and O–H groups in total. The second-order valence-electron chi connectivity index (χ2n) is 6.46. The lowest BCUT2D eigenvalue weighted by atomic mass is 10.1. The molecular weight excluding hydrogens is 390 g/mol. The third-order valence-corrected chi connectivity index (χ3v) is 5.22. The molecule has 0 saturated carbocycles. The first-order chi connectivity index (χ1) is 14.0. The quantitative estimate of drug-likeness (QED) is 0.550. The first-order valence-electron chi connectivity index (χ1n) is 9.21. The highest BCUT2D eigenvalue weighted by molar-refractivity contribution is 7.99. The average molecular weight is 414 g/mol. The number of nitrogens with zero attached hydrogens (tertiary/aromatic N) is 3. The first-order valence-corrected chi connectivity index (χ1v) is 10.2. The molecule has 2 heterocycles. The van der Waals surface area contributed by atoms with Gasteiger partial charge in [-0.05, 0) is 44.5 Å². The van der Waals surface area contributed by atoms with Gasteiger partial charge >= 0.3 is 0 Å². The van der Waals surface area contributed by atoms with Crippen LogP contribution >= 0.6 is 11.8 Å². The maximum absolute atomic E-state index is 12.3. The van der Waals surface area contributed by atoms with Gasteiger partial charge in [0.1, 0.15) is 0 Å². The summed E-state index contributed by atoms with van der Waals surface area (Å²) in [4.78, 5) is 24.3. The zero-order chi connectivity index (χ0) is 20.8. The molecule has 2 aromatic heterocycles. The fourth-order valence-corrected chi connectivity index (χ4v) is 3.62. The van der Waals surface area contributed by atoms with Crippen LogP contribution in [0.2, 0.25) is 0 Å². The molecule has 0 spiro atoms. The molecule has 0 aliphatic rings. The molecule has 0 saturated heterocycles. The van der Waals surface area contributed by atoms with Gasteiger partial charge in [-0.1, -0.05) is 29.5 Å². The number of anilines is 1. The summed E-state index contributed by atoms with van der Waals surface area (Å²) in [7, 11) is 0. The van der Waals surface area contributed by atoms with Crippen molar-refractivity contribution in [2.45, 2.75) is 39.0 Å². The van der Waals surface area contributed by atoms with Gasteiger partial charge in [-0.25, -0.2) is 0 Å². The van der Waals surface area contributed by atoms with E-state index >= 15 is 0 Å². The van der Waals surface area contributed by atoms with Gasteiger partial charge in [0.25, 0.3) is 5.91 Å². The average Bonchev–Trinajstić information content (AvgIpc) is 3.36. The van der Waals surface area contributed by atoms with Gasteiger partial charge in [-0.15, -0.1) is 10.2 Å². The Balaban J connectivity index is 1.57. The molecule has 9 heteroatoms. The summed E-state index contributed by atoms with van der Waals surface area (Å²) < 4.78 is 6.94. The van der Waals surface area contributed by atoms with Crippen molar-refractivity contribution < 1.29 is 14.0 Å². The summed E-state index contributed by atoms with van der Waals surface area (Å²) in [5, 5.41) is 14.6. The van der Waals surface area contributed by atoms with Crippen molar-refractivity contribution in [3.63, 3.8) is 0 Å². The van der Waals surface area contributed by atoms with Crippen LogP contribution in [-0.2, 0) is 17.9 Å². The number of furan rings is 1. The summed E-state index contributed by atoms with van der Waals surface area (Å²) in [6.45, 7) is 6.78. The standard InChI is InChI=1S/C20H23N5O3S/c1-4-25-17(11-21-19(27)16-6-5-9-28-16)23-24-20(25)29-12-18(26)22-15-8-7-13(2)10-14(15)3/h5-10H,4,11-12H2,1-3H3,(H,21,27)(H,22,26). The minimum Gasteiger partial charge on any atom is -0.459 e. The summed E-state index contributed by atoms with van der Waals surface area (Å²) in [5.74, 6) is 0.641. The van der Waals surface area contributed by atoms with Crippen molar-refractivity contribution in [3.05, 3.63) is 59.3 Å². The molecule has 0 unspecified atom stereocenters. The number of hydrogen-bond donors (Lipinski definition) is 2. The first kappa shape index (κ1) is 20.7. The molecule has 0 atom stereocenters. The molecule has 3 rings (SSSR count). The van der Waals surface area contributed by atoms with Crippen LogP contribution in [0.4, 0.5) is 5.69 Å². The summed E-state index contributed by atoms with van der Waals surface area (Å²) in [5.41, 5.74) is 2.98. The number of benzene rings is 1. The van der Waals surface area contributed by atoms with Crippen LogP contribution in [0.15, 0.2) is 46.2 Å². The molecule has 2 amide bonds. The van der Waals surface area contributed by atoms with Crippen LogP contribution in [0.1, 0.15) is 34.4 Å². The Kier molecular flexibility index (Phi) is 6.71. The molecular formula is C20H23N5O3S. The lowest BCUT2D eigenvalue weighted by Crippen LogP contribution is -2.24. The van der Waals surface area contributed by atoms with E-state index in [0.29, 0.717) is 17.5 Å². The van der Waals surface area contributed by atoms with E-state index in [1.807, 2.05) is 43.5 Å². The van der Waals surface area contributed by atoms with Crippen LogP contribution in [0.3, 0.4) is 0 Å². The minimum atomic E-state index is -0.317. The summed E-state index contributed by atoms with van der Waals surface area (Å²) in [6, 6.07) is 9.14. The predicted molar refractivity (Wildman–Crippen MR) is 111 cm³/mol. The number of carbonyl (C=O) groups excluding carboxylic acids is 2. The maximum Gasteiger partial charge on any atom is 0.287 e. The van der Waals surface area contributed by atoms with E-state index in [-0.39, 0.29) is 29.9 Å². The summed E-state index contributed by atoms with van der Waals surface area (Å²) in [6.07, 6.45) is 1.45. The highest BCUT2D eigenvalue weighted by Crippen LogP contribution is 2.20. The molecule has 0 aliphatic heterocycles. The lowest BCUT2D eigenvalue weighted by molar-refractivity contribution is -0.113. The van der Waals surface area contributed by atoms with E-state index in [0.717, 1.165) is 16.8 Å². The smallest absolute Gasteiger partial charge is 0.287 e. The fourth-order valence-electron chi connectivity index (χ4n) is 2.80. The van der Waals surface area contributed by atoms with Crippen LogP contribution in [0.5, 0.6) is 0 Å². The van der Waals surface area contributed by atoms with Gasteiger partial charge in [-0.2, -0.15) is 0 Å². The molecule has 8 nitrogen and oxygen atoms in total. The third kappa shape index (κ3) is 5.26. The predicted octanol–water partition coefficient (Wildman–Crippen LogP) is 3.17. The van der Waals surface area contributed by atoms with Gasteiger partial charge in [0, 0.05) is 12.2 Å². The van der Waals surface area contributed by atoms with Crippen LogP contribution in [0, 0.1) is 13.8 Å². The number of rotatable bonds is 8. The van der Waals surface area contributed by atoms with Crippen molar-refractivity contribution in [1.82, 2.24) is 20.1 Å². The molecule has 0 bridgehead atoms. The Morgan fingerprint density at radius 1 is 1.21 bits per heavy atom. The van der Waals surface area contributed by atoms with E-state index in [9.17, 15) is 9.59 Å². The number of carbonyl (C=O) groups is 2. The van der Waals surface area contributed by atoms with Gasteiger partial charge in [-0.3, -0.25) is 9.59 Å². The molecule has 0 aliphatic carbocycles. The number of amides is 2. The molecule has 0 radical (unpaired) electrons. The highest BCUT2D eigenvalue weighted by atomic mass is 32.2. The second kappa shape index (κ2) is 9.42. The van der Waals surface area contributed by atoms with Crippen molar-refractivity contribution in [1.29, 1.82) is 0 Å². The summed E-state index contributed by atoms with van der Waals surface area (Å²) >= 11 is 1.31. The Morgan fingerprint density at radius 3 is 2.72 bits per heavy atom. The fraction of sp³-hybridized carbons (Fsp3) is 0.300. The molecule has 3 aromatic rings.